The van der Waals surface area contributed by atoms with Gasteiger partial charge in [0.2, 0.25) is 11.7 Å². The lowest BCUT2D eigenvalue weighted by atomic mass is 9.99. The maximum atomic E-state index is 5.90. The van der Waals surface area contributed by atoms with E-state index >= 15 is 0 Å². The zero-order valence-electron chi connectivity index (χ0n) is 16.4. The highest BCUT2D eigenvalue weighted by atomic mass is 16.6. The molecule has 1 aliphatic heterocycles. The van der Waals surface area contributed by atoms with Gasteiger partial charge in [0, 0.05) is 17.3 Å². The normalized spacial score (nSPS) is 12.4. The lowest BCUT2D eigenvalue weighted by Gasteiger charge is -2.19. The minimum Gasteiger partial charge on any atom is -0.493 e. The molecule has 0 radical (unpaired) electrons. The van der Waals surface area contributed by atoms with Crippen LogP contribution >= 0.6 is 0 Å². The van der Waals surface area contributed by atoms with E-state index in [1.165, 1.54) is 0 Å². The van der Waals surface area contributed by atoms with Crippen molar-refractivity contribution in [1.82, 2.24) is 9.97 Å². The number of methoxy groups -OCH3 is 3. The van der Waals surface area contributed by atoms with Gasteiger partial charge in [-0.25, -0.2) is 9.97 Å². The van der Waals surface area contributed by atoms with Crippen molar-refractivity contribution < 1.29 is 23.7 Å². The van der Waals surface area contributed by atoms with Crippen molar-refractivity contribution in [2.24, 2.45) is 0 Å². The minimum absolute atomic E-state index is 0.162. The van der Waals surface area contributed by atoms with E-state index in [0.29, 0.717) is 47.7 Å². The quantitative estimate of drug-likeness (QED) is 0.703. The van der Waals surface area contributed by atoms with Crippen molar-refractivity contribution in [3.8, 4) is 51.1 Å². The highest BCUT2D eigenvalue weighted by Gasteiger charge is 2.20. The molecule has 0 bridgehead atoms. The zero-order chi connectivity index (χ0) is 20.4. The summed E-state index contributed by atoms with van der Waals surface area (Å²) in [5.74, 6) is 3.10. The Morgan fingerprint density at radius 2 is 1.55 bits per heavy atom. The van der Waals surface area contributed by atoms with Crippen molar-refractivity contribution in [2.45, 2.75) is 0 Å². The summed E-state index contributed by atoms with van der Waals surface area (Å²) in [5.41, 5.74) is 8.93. The van der Waals surface area contributed by atoms with Crippen LogP contribution in [0.25, 0.3) is 22.4 Å². The number of aromatic nitrogens is 2. The molecule has 8 nitrogen and oxygen atoms in total. The molecule has 2 aromatic carbocycles. The van der Waals surface area contributed by atoms with Gasteiger partial charge in [0.1, 0.15) is 13.2 Å². The molecule has 1 aromatic heterocycles. The van der Waals surface area contributed by atoms with Gasteiger partial charge in [0.15, 0.2) is 23.0 Å². The molecule has 3 aromatic rings. The average Bonchev–Trinajstić information content (AvgIpc) is 2.77. The fourth-order valence-electron chi connectivity index (χ4n) is 3.26. The molecule has 2 N–H and O–H groups in total. The topological polar surface area (TPSA) is 98.0 Å². The maximum absolute atomic E-state index is 5.90. The van der Waals surface area contributed by atoms with E-state index in [1.807, 2.05) is 30.3 Å². The summed E-state index contributed by atoms with van der Waals surface area (Å²) in [4.78, 5) is 8.66. The number of ether oxygens (including phenoxy) is 5. The Labute approximate surface area is 168 Å². The molecule has 0 spiro atoms. The molecule has 29 heavy (non-hydrogen) atoms. The summed E-state index contributed by atoms with van der Waals surface area (Å²) in [6.45, 7) is 1.04. The van der Waals surface area contributed by atoms with Crippen molar-refractivity contribution >= 4 is 5.95 Å². The number of hydrogen-bond acceptors (Lipinski definition) is 8. The van der Waals surface area contributed by atoms with Gasteiger partial charge in [0.25, 0.3) is 0 Å². The van der Waals surface area contributed by atoms with Gasteiger partial charge in [-0.2, -0.15) is 0 Å². The standard InChI is InChI=1S/C21H21N3O5/c1-25-17-9-13(10-18(26-2)20(17)27-3)19-14(11-23-21(22)24-19)12-4-5-15-16(8-12)29-7-6-28-15/h4-5,8-11H,6-7H2,1-3H3,(H2,22,23,24). The van der Waals surface area contributed by atoms with Crippen LogP contribution in [-0.4, -0.2) is 44.5 Å². The largest absolute Gasteiger partial charge is 0.493 e. The first kappa shape index (κ1) is 18.7. The number of nitrogens with two attached hydrogens (primary N) is 1. The minimum atomic E-state index is 0.162. The van der Waals surface area contributed by atoms with E-state index < -0.39 is 0 Å². The molecule has 0 atom stereocenters. The molecule has 8 heteroatoms. The highest BCUT2D eigenvalue weighted by Crippen LogP contribution is 2.43. The van der Waals surface area contributed by atoms with Crippen molar-refractivity contribution in [3.63, 3.8) is 0 Å². The number of fused-ring (bicyclic) bond motifs is 1. The number of rotatable bonds is 5. The van der Waals surface area contributed by atoms with Crippen LogP contribution in [0.1, 0.15) is 0 Å². The zero-order valence-corrected chi connectivity index (χ0v) is 16.4. The first-order valence-electron chi connectivity index (χ1n) is 8.97. The third-order valence-corrected chi connectivity index (χ3v) is 4.60. The molecule has 2 heterocycles. The number of nitrogens with zero attached hydrogens (tertiary/aromatic N) is 2. The SMILES string of the molecule is COc1cc(-c2nc(N)ncc2-c2ccc3c(c2)OCCO3)cc(OC)c1OC. The Morgan fingerprint density at radius 3 is 2.21 bits per heavy atom. The van der Waals surface area contributed by atoms with E-state index in [4.69, 9.17) is 29.4 Å². The molecule has 0 aliphatic carbocycles. The fourth-order valence-corrected chi connectivity index (χ4v) is 3.26. The highest BCUT2D eigenvalue weighted by molar-refractivity contribution is 5.83. The smallest absolute Gasteiger partial charge is 0.220 e. The monoisotopic (exact) mass is 395 g/mol. The molecular formula is C21H21N3O5. The Balaban J connectivity index is 1.89. The van der Waals surface area contributed by atoms with Crippen LogP contribution in [0.2, 0.25) is 0 Å². The fraction of sp³-hybridized carbons (Fsp3) is 0.238. The van der Waals surface area contributed by atoms with Crippen LogP contribution in [0.3, 0.4) is 0 Å². The van der Waals surface area contributed by atoms with Crippen molar-refractivity contribution in [2.75, 3.05) is 40.3 Å². The molecular weight excluding hydrogens is 374 g/mol. The average molecular weight is 395 g/mol. The summed E-state index contributed by atoms with van der Waals surface area (Å²) in [7, 11) is 4.69. The third-order valence-electron chi connectivity index (χ3n) is 4.60. The molecule has 0 saturated heterocycles. The molecule has 0 saturated carbocycles. The second-order valence-corrected chi connectivity index (χ2v) is 6.26. The van der Waals surface area contributed by atoms with Crippen LogP contribution in [0.5, 0.6) is 28.7 Å². The van der Waals surface area contributed by atoms with Crippen LogP contribution in [0.15, 0.2) is 36.5 Å². The van der Waals surface area contributed by atoms with E-state index in [1.54, 1.807) is 27.5 Å². The van der Waals surface area contributed by atoms with Gasteiger partial charge in [0.05, 0.1) is 27.0 Å². The van der Waals surface area contributed by atoms with E-state index in [0.717, 1.165) is 16.7 Å². The summed E-state index contributed by atoms with van der Waals surface area (Å²) >= 11 is 0. The summed E-state index contributed by atoms with van der Waals surface area (Å²) in [6.07, 6.45) is 1.69. The van der Waals surface area contributed by atoms with Gasteiger partial charge in [-0.15, -0.1) is 0 Å². The van der Waals surface area contributed by atoms with E-state index in [-0.39, 0.29) is 5.95 Å². The molecule has 0 fully saturated rings. The lowest BCUT2D eigenvalue weighted by molar-refractivity contribution is 0.171. The van der Waals surface area contributed by atoms with Gasteiger partial charge in [-0.1, -0.05) is 6.07 Å². The van der Waals surface area contributed by atoms with Gasteiger partial charge in [-0.3, -0.25) is 0 Å². The second kappa shape index (κ2) is 7.75. The lowest BCUT2D eigenvalue weighted by Crippen LogP contribution is -2.15. The third kappa shape index (κ3) is 3.44. The maximum Gasteiger partial charge on any atom is 0.220 e. The molecule has 1 aliphatic rings. The van der Waals surface area contributed by atoms with Crippen LogP contribution < -0.4 is 29.4 Å². The molecule has 4 rings (SSSR count). The Kier molecular flexibility index (Phi) is 4.99. The van der Waals surface area contributed by atoms with Gasteiger partial charge < -0.3 is 29.4 Å². The molecule has 0 unspecified atom stereocenters. The summed E-state index contributed by atoms with van der Waals surface area (Å²) in [5, 5.41) is 0. The van der Waals surface area contributed by atoms with Crippen LogP contribution in [0.4, 0.5) is 5.95 Å². The summed E-state index contributed by atoms with van der Waals surface area (Å²) < 4.78 is 27.7. The Hall–Kier alpha value is -3.68. The number of benzene rings is 2. The molecule has 150 valence electrons. The van der Waals surface area contributed by atoms with E-state index in [9.17, 15) is 0 Å². The van der Waals surface area contributed by atoms with Gasteiger partial charge in [-0.05, 0) is 29.8 Å². The first-order chi connectivity index (χ1) is 14.1. The Bertz CT molecular complexity index is 1030. The number of nitrogen functional groups attached to an aromatic ring is 1. The van der Waals surface area contributed by atoms with Crippen LogP contribution in [-0.2, 0) is 0 Å². The first-order valence-corrected chi connectivity index (χ1v) is 8.97. The number of hydrogen-bond donors (Lipinski definition) is 1. The van der Waals surface area contributed by atoms with Crippen LogP contribution in [0, 0.1) is 0 Å². The van der Waals surface area contributed by atoms with Gasteiger partial charge >= 0.3 is 0 Å². The molecule has 0 amide bonds. The van der Waals surface area contributed by atoms with E-state index in [2.05, 4.69) is 9.97 Å². The van der Waals surface area contributed by atoms with Crippen molar-refractivity contribution in [3.05, 3.63) is 36.5 Å². The predicted octanol–water partition coefficient (Wildman–Crippen LogP) is 3.19. The van der Waals surface area contributed by atoms with Crippen molar-refractivity contribution in [1.29, 1.82) is 0 Å². The predicted molar refractivity (Wildman–Crippen MR) is 108 cm³/mol. The number of anilines is 1. The summed E-state index contributed by atoms with van der Waals surface area (Å²) in [6, 6.07) is 9.36. The Morgan fingerprint density at radius 1 is 0.862 bits per heavy atom. The second-order valence-electron chi connectivity index (χ2n) is 6.26.